The minimum atomic E-state index is -1.28. The largest absolute Gasteiger partial charge is 0.490 e. The molecule has 2 aromatic carbocycles. The number of imide groups is 1. The molecule has 1 aliphatic rings. The summed E-state index contributed by atoms with van der Waals surface area (Å²) >= 11 is 0. The van der Waals surface area contributed by atoms with E-state index in [2.05, 4.69) is 5.32 Å². The van der Waals surface area contributed by atoms with Crippen LogP contribution < -0.4 is 10.1 Å². The summed E-state index contributed by atoms with van der Waals surface area (Å²) in [5.41, 5.74) is -1.28. The van der Waals surface area contributed by atoms with E-state index in [0.29, 0.717) is 11.5 Å². The molecule has 3 aromatic rings. The summed E-state index contributed by atoms with van der Waals surface area (Å²) < 4.78 is 11.0. The molecule has 0 radical (unpaired) electrons. The van der Waals surface area contributed by atoms with Crippen molar-refractivity contribution in [1.29, 1.82) is 0 Å². The number of benzene rings is 2. The second-order valence-electron chi connectivity index (χ2n) is 6.89. The molecular formula is C21H20N2O5. The van der Waals surface area contributed by atoms with E-state index >= 15 is 0 Å². The van der Waals surface area contributed by atoms with Crippen molar-refractivity contribution in [2.75, 3.05) is 13.2 Å². The fraction of sp³-hybridized carbons (Fsp3) is 0.238. The van der Waals surface area contributed by atoms with Crippen molar-refractivity contribution >= 4 is 22.7 Å². The summed E-state index contributed by atoms with van der Waals surface area (Å²) in [5.74, 6) is 0.501. The molecule has 2 N–H and O–H groups in total. The highest BCUT2D eigenvalue weighted by molar-refractivity contribution is 6.06. The number of hydrogen-bond acceptors (Lipinski definition) is 5. The number of rotatable bonds is 6. The third kappa shape index (κ3) is 3.10. The van der Waals surface area contributed by atoms with Gasteiger partial charge in [0.2, 0.25) is 0 Å². The highest BCUT2D eigenvalue weighted by atomic mass is 16.5. The van der Waals surface area contributed by atoms with Crippen LogP contribution in [0.3, 0.4) is 0 Å². The quantitative estimate of drug-likeness (QED) is 0.642. The zero-order valence-electron chi connectivity index (χ0n) is 15.3. The number of nitrogens with zero attached hydrogens (tertiary/aromatic N) is 1. The summed E-state index contributed by atoms with van der Waals surface area (Å²) in [5, 5.41) is 14.9. The summed E-state index contributed by atoms with van der Waals surface area (Å²) in [6.07, 6.45) is 0.405. The molecule has 2 atom stereocenters. The standard InChI is InChI=1S/C21H20N2O5/c1-21(18-10-5-11-27-18)19(25)23(20(26)22-21)12-15(24)13-28-17-9-4-7-14-6-2-3-8-16(14)17/h2-11,15,24H,12-13H2,1H3,(H,22,26). The fourth-order valence-corrected chi connectivity index (χ4v) is 3.36. The van der Waals surface area contributed by atoms with Gasteiger partial charge in [0.1, 0.15) is 24.2 Å². The van der Waals surface area contributed by atoms with E-state index in [1.54, 1.807) is 19.1 Å². The summed E-state index contributed by atoms with van der Waals surface area (Å²) in [6, 6.07) is 16.1. The number of carbonyl (C=O) groups is 2. The van der Waals surface area contributed by atoms with Gasteiger partial charge in [-0.05, 0) is 30.5 Å². The number of carbonyl (C=O) groups excluding carboxylic acids is 2. The van der Waals surface area contributed by atoms with Crippen LogP contribution in [0.1, 0.15) is 12.7 Å². The molecule has 28 heavy (non-hydrogen) atoms. The average molecular weight is 380 g/mol. The Hall–Kier alpha value is -3.32. The second kappa shape index (κ2) is 7.01. The van der Waals surface area contributed by atoms with E-state index < -0.39 is 23.6 Å². The summed E-state index contributed by atoms with van der Waals surface area (Å²) in [6.45, 7) is 1.35. The van der Waals surface area contributed by atoms with Crippen molar-refractivity contribution in [1.82, 2.24) is 10.2 Å². The van der Waals surface area contributed by atoms with E-state index in [1.165, 1.54) is 6.26 Å². The lowest BCUT2D eigenvalue weighted by atomic mass is 9.99. The number of ether oxygens (including phenoxy) is 1. The molecule has 7 nitrogen and oxygen atoms in total. The van der Waals surface area contributed by atoms with Crippen molar-refractivity contribution in [3.8, 4) is 5.75 Å². The Morgan fingerprint density at radius 3 is 2.71 bits per heavy atom. The zero-order chi connectivity index (χ0) is 19.7. The first kappa shape index (κ1) is 18.1. The molecule has 1 saturated heterocycles. The lowest BCUT2D eigenvalue weighted by Crippen LogP contribution is -2.42. The Labute approximate surface area is 161 Å². The van der Waals surface area contributed by atoms with Crippen LogP contribution in [-0.2, 0) is 10.3 Å². The van der Waals surface area contributed by atoms with Crippen LogP contribution in [0.25, 0.3) is 10.8 Å². The third-order valence-electron chi connectivity index (χ3n) is 4.86. The molecule has 0 bridgehead atoms. The van der Waals surface area contributed by atoms with Crippen LogP contribution in [0.2, 0.25) is 0 Å². The molecule has 2 unspecified atom stereocenters. The molecule has 0 aliphatic carbocycles. The van der Waals surface area contributed by atoms with E-state index in [0.717, 1.165) is 15.7 Å². The molecule has 7 heteroatoms. The van der Waals surface area contributed by atoms with Gasteiger partial charge in [0, 0.05) is 5.39 Å². The van der Waals surface area contributed by atoms with Gasteiger partial charge in [-0.3, -0.25) is 9.69 Å². The molecule has 2 heterocycles. The van der Waals surface area contributed by atoms with Crippen LogP contribution in [-0.4, -0.2) is 41.2 Å². The van der Waals surface area contributed by atoms with Crippen LogP contribution in [0.15, 0.2) is 65.3 Å². The molecule has 4 rings (SSSR count). The molecule has 0 saturated carbocycles. The number of hydrogen-bond donors (Lipinski definition) is 2. The summed E-state index contributed by atoms with van der Waals surface area (Å²) in [7, 11) is 0. The average Bonchev–Trinajstić information content (AvgIpc) is 3.31. The first-order valence-electron chi connectivity index (χ1n) is 8.96. The fourth-order valence-electron chi connectivity index (χ4n) is 3.36. The predicted octanol–water partition coefficient (Wildman–Crippen LogP) is 2.64. The van der Waals surface area contributed by atoms with Crippen LogP contribution in [0.5, 0.6) is 5.75 Å². The first-order valence-corrected chi connectivity index (χ1v) is 8.96. The smallest absolute Gasteiger partial charge is 0.325 e. The van der Waals surface area contributed by atoms with Gasteiger partial charge in [0.25, 0.3) is 5.91 Å². The zero-order valence-corrected chi connectivity index (χ0v) is 15.3. The Kier molecular flexibility index (Phi) is 4.52. The monoisotopic (exact) mass is 380 g/mol. The minimum absolute atomic E-state index is 0.0530. The summed E-state index contributed by atoms with van der Waals surface area (Å²) in [4.78, 5) is 26.0. The maximum absolute atomic E-state index is 12.8. The minimum Gasteiger partial charge on any atom is -0.490 e. The van der Waals surface area contributed by atoms with Gasteiger partial charge in [-0.2, -0.15) is 0 Å². The van der Waals surface area contributed by atoms with Gasteiger partial charge in [-0.25, -0.2) is 4.79 Å². The van der Waals surface area contributed by atoms with Crippen LogP contribution in [0.4, 0.5) is 4.79 Å². The van der Waals surface area contributed by atoms with E-state index in [1.807, 2.05) is 42.5 Å². The van der Waals surface area contributed by atoms with Gasteiger partial charge in [-0.15, -0.1) is 0 Å². The molecule has 3 amide bonds. The molecule has 1 fully saturated rings. The SMILES string of the molecule is CC1(c2ccco2)NC(=O)N(CC(O)COc2cccc3ccccc23)C1=O. The van der Waals surface area contributed by atoms with Gasteiger partial charge in [0.15, 0.2) is 5.54 Å². The van der Waals surface area contributed by atoms with Crippen molar-refractivity contribution in [3.05, 3.63) is 66.6 Å². The second-order valence-corrected chi connectivity index (χ2v) is 6.89. The Balaban J connectivity index is 1.43. The Bertz CT molecular complexity index is 1010. The number of urea groups is 1. The molecule has 1 aromatic heterocycles. The lowest BCUT2D eigenvalue weighted by Gasteiger charge is -2.21. The number of β-amino-alcohol motifs (C(OH)–C–C–N with tert-alkyl or cyclic N) is 1. The van der Waals surface area contributed by atoms with Gasteiger partial charge in [0.05, 0.1) is 12.8 Å². The van der Waals surface area contributed by atoms with Crippen molar-refractivity contribution in [3.63, 3.8) is 0 Å². The molecular weight excluding hydrogens is 360 g/mol. The van der Waals surface area contributed by atoms with Gasteiger partial charge < -0.3 is 19.6 Å². The number of aliphatic hydroxyl groups is 1. The Morgan fingerprint density at radius 2 is 1.93 bits per heavy atom. The number of fused-ring (bicyclic) bond motifs is 1. The Morgan fingerprint density at radius 1 is 1.14 bits per heavy atom. The maximum atomic E-state index is 12.8. The van der Waals surface area contributed by atoms with Crippen LogP contribution in [0, 0.1) is 0 Å². The topological polar surface area (TPSA) is 92.0 Å². The van der Waals surface area contributed by atoms with Gasteiger partial charge >= 0.3 is 6.03 Å². The van der Waals surface area contributed by atoms with E-state index in [-0.39, 0.29) is 13.2 Å². The third-order valence-corrected chi connectivity index (χ3v) is 4.86. The predicted molar refractivity (Wildman–Crippen MR) is 102 cm³/mol. The van der Waals surface area contributed by atoms with Crippen molar-refractivity contribution in [2.24, 2.45) is 0 Å². The van der Waals surface area contributed by atoms with Crippen LogP contribution >= 0.6 is 0 Å². The van der Waals surface area contributed by atoms with E-state index in [4.69, 9.17) is 9.15 Å². The maximum Gasteiger partial charge on any atom is 0.325 e. The number of aliphatic hydroxyl groups excluding tert-OH is 1. The van der Waals surface area contributed by atoms with Crippen molar-refractivity contribution < 1.29 is 23.8 Å². The lowest BCUT2D eigenvalue weighted by molar-refractivity contribution is -0.132. The highest BCUT2D eigenvalue weighted by Gasteiger charge is 2.51. The molecule has 1 aliphatic heterocycles. The highest BCUT2D eigenvalue weighted by Crippen LogP contribution is 2.29. The number of furan rings is 1. The number of nitrogens with one attached hydrogen (secondary N) is 1. The van der Waals surface area contributed by atoms with Crippen molar-refractivity contribution in [2.45, 2.75) is 18.6 Å². The normalized spacial score (nSPS) is 20.4. The molecule has 144 valence electrons. The van der Waals surface area contributed by atoms with E-state index in [9.17, 15) is 14.7 Å². The van der Waals surface area contributed by atoms with Gasteiger partial charge in [-0.1, -0.05) is 36.4 Å². The molecule has 0 spiro atoms. The first-order chi connectivity index (χ1) is 13.5. The number of amides is 3.